The number of pyridine rings is 1. The molecule has 1 amide bonds. The molecule has 4 aromatic rings. The van der Waals surface area contributed by atoms with Crippen LogP contribution in [0.4, 0.5) is 17.3 Å². The molecule has 0 radical (unpaired) electrons. The Balaban J connectivity index is 1.27. The van der Waals surface area contributed by atoms with Crippen LogP contribution < -0.4 is 10.2 Å². The van der Waals surface area contributed by atoms with E-state index in [0.717, 1.165) is 60.9 Å². The number of benzene rings is 2. The lowest BCUT2D eigenvalue weighted by Crippen LogP contribution is -2.43. The zero-order chi connectivity index (χ0) is 26.5. The number of anilines is 3. The van der Waals surface area contributed by atoms with Crippen molar-refractivity contribution in [3.8, 4) is 11.3 Å². The van der Waals surface area contributed by atoms with E-state index in [1.54, 1.807) is 30.5 Å². The van der Waals surface area contributed by atoms with Crippen molar-refractivity contribution in [2.45, 2.75) is 13.5 Å². The smallest absolute Gasteiger partial charge is 0.258 e. The molecule has 1 saturated heterocycles. The summed E-state index contributed by atoms with van der Waals surface area (Å²) < 4.78 is 0. The predicted octanol–water partition coefficient (Wildman–Crippen LogP) is 4.61. The number of nitrogens with one attached hydrogen (secondary N) is 1. The summed E-state index contributed by atoms with van der Waals surface area (Å²) in [4.78, 5) is 33.0. The number of aromatic nitrogens is 3. The van der Waals surface area contributed by atoms with Crippen molar-refractivity contribution in [3.63, 3.8) is 0 Å². The molecule has 1 fully saturated rings. The summed E-state index contributed by atoms with van der Waals surface area (Å²) in [5.41, 5.74) is 6.25. The van der Waals surface area contributed by atoms with E-state index in [1.807, 2.05) is 55.5 Å². The highest BCUT2D eigenvalue weighted by atomic mass is 16.2. The Kier molecular flexibility index (Phi) is 7.72. The van der Waals surface area contributed by atoms with E-state index in [9.17, 15) is 4.79 Å². The van der Waals surface area contributed by atoms with Crippen molar-refractivity contribution >= 4 is 23.2 Å². The van der Waals surface area contributed by atoms with Crippen LogP contribution >= 0.6 is 0 Å². The number of carbonyl (C=O) groups excluding carboxylic acids is 1. The molecule has 2 aromatic heterocycles. The maximum absolute atomic E-state index is 13.3. The molecule has 1 N–H and O–H groups in total. The van der Waals surface area contributed by atoms with Gasteiger partial charge in [0.15, 0.2) is 0 Å². The van der Waals surface area contributed by atoms with Gasteiger partial charge in [0, 0.05) is 80.9 Å². The van der Waals surface area contributed by atoms with E-state index in [1.165, 1.54) is 5.56 Å². The first-order valence-electron chi connectivity index (χ1n) is 12.9. The number of amides is 1. The topological polar surface area (TPSA) is 77.5 Å². The summed E-state index contributed by atoms with van der Waals surface area (Å²) in [6.45, 7) is 7.26. The van der Waals surface area contributed by atoms with Gasteiger partial charge >= 0.3 is 0 Å². The number of piperazine rings is 1. The second-order valence-electron chi connectivity index (χ2n) is 9.77. The minimum Gasteiger partial charge on any atom is -0.324 e. The molecule has 8 heteroatoms. The quantitative estimate of drug-likeness (QED) is 0.391. The lowest BCUT2D eigenvalue weighted by molar-refractivity contribution is 0.0993. The number of nitrogens with zero attached hydrogens (tertiary/aromatic N) is 6. The van der Waals surface area contributed by atoms with Gasteiger partial charge in [-0.3, -0.25) is 14.7 Å². The number of aryl methyl sites for hydroxylation is 1. The first-order chi connectivity index (χ1) is 18.5. The van der Waals surface area contributed by atoms with E-state index in [2.05, 4.69) is 49.2 Å². The molecule has 0 unspecified atom stereocenters. The Morgan fingerprint density at radius 2 is 1.79 bits per heavy atom. The van der Waals surface area contributed by atoms with E-state index in [-0.39, 0.29) is 5.91 Å². The minimum atomic E-state index is -0.0548. The summed E-state index contributed by atoms with van der Waals surface area (Å²) in [6.07, 6.45) is 5.23. The van der Waals surface area contributed by atoms with E-state index >= 15 is 0 Å². The average molecular weight is 508 g/mol. The number of hydrogen-bond acceptors (Lipinski definition) is 7. The molecule has 0 spiro atoms. The van der Waals surface area contributed by atoms with Crippen LogP contribution in [0.25, 0.3) is 11.3 Å². The molecular formula is C30H33N7O. The molecule has 0 bridgehead atoms. The van der Waals surface area contributed by atoms with Crippen LogP contribution in [0.5, 0.6) is 0 Å². The summed E-state index contributed by atoms with van der Waals surface area (Å²) in [5.74, 6) is 0.428. The fourth-order valence-corrected chi connectivity index (χ4v) is 4.50. The largest absolute Gasteiger partial charge is 0.324 e. The van der Waals surface area contributed by atoms with Crippen LogP contribution in [0.3, 0.4) is 0 Å². The summed E-state index contributed by atoms with van der Waals surface area (Å²) in [7, 11) is 3.96. The number of rotatable bonds is 7. The third kappa shape index (κ3) is 6.04. The molecule has 3 heterocycles. The van der Waals surface area contributed by atoms with E-state index in [4.69, 9.17) is 0 Å². The van der Waals surface area contributed by atoms with Crippen LogP contribution in [0.1, 0.15) is 21.5 Å². The van der Waals surface area contributed by atoms with Gasteiger partial charge < -0.3 is 15.1 Å². The monoisotopic (exact) mass is 507 g/mol. The van der Waals surface area contributed by atoms with Crippen LogP contribution in [-0.4, -0.2) is 70.9 Å². The molecule has 1 aliphatic rings. The Morgan fingerprint density at radius 1 is 1.00 bits per heavy atom. The molecule has 194 valence electrons. The van der Waals surface area contributed by atoms with Gasteiger partial charge in [-0.05, 0) is 67.6 Å². The molecule has 8 nitrogen and oxygen atoms in total. The van der Waals surface area contributed by atoms with Gasteiger partial charge in [0.2, 0.25) is 5.95 Å². The Morgan fingerprint density at radius 3 is 2.53 bits per heavy atom. The number of hydrogen-bond donors (Lipinski definition) is 1. The van der Waals surface area contributed by atoms with Gasteiger partial charge in [-0.25, -0.2) is 9.97 Å². The fourth-order valence-electron chi connectivity index (χ4n) is 4.50. The van der Waals surface area contributed by atoms with Gasteiger partial charge in [-0.1, -0.05) is 18.2 Å². The first kappa shape index (κ1) is 25.5. The molecule has 38 heavy (non-hydrogen) atoms. The van der Waals surface area contributed by atoms with Crippen molar-refractivity contribution in [2.24, 2.45) is 0 Å². The van der Waals surface area contributed by atoms with Crippen LogP contribution in [-0.2, 0) is 6.54 Å². The zero-order valence-corrected chi connectivity index (χ0v) is 22.1. The lowest BCUT2D eigenvalue weighted by Gasteiger charge is -2.32. The fraction of sp³-hybridized carbons (Fsp3) is 0.267. The predicted molar refractivity (Wildman–Crippen MR) is 152 cm³/mol. The highest BCUT2D eigenvalue weighted by Crippen LogP contribution is 2.26. The first-order valence-corrected chi connectivity index (χ1v) is 12.9. The van der Waals surface area contributed by atoms with Crippen molar-refractivity contribution in [2.75, 3.05) is 50.5 Å². The van der Waals surface area contributed by atoms with Gasteiger partial charge in [0.05, 0.1) is 5.69 Å². The Hall–Kier alpha value is -4.14. The Labute approximate surface area is 224 Å². The molecule has 1 aliphatic heterocycles. The summed E-state index contributed by atoms with van der Waals surface area (Å²) in [5, 5.41) is 3.32. The number of likely N-dealkylation sites (N-methyl/N-ethyl adjacent to an activating group) is 1. The Bertz CT molecular complexity index is 1380. The third-order valence-corrected chi connectivity index (χ3v) is 6.98. The number of carbonyl (C=O) groups is 1. The average Bonchev–Trinajstić information content (AvgIpc) is 2.96. The molecule has 0 atom stereocenters. The van der Waals surface area contributed by atoms with Crippen molar-refractivity contribution in [1.82, 2.24) is 24.8 Å². The maximum atomic E-state index is 13.3. The normalized spacial score (nSPS) is 14.3. The molecule has 5 rings (SSSR count). The standard InChI is InChI=1S/C30H33N7O/c1-22-6-11-26(19-28(22)34-30-32-14-12-27(33-30)25-5-4-13-31-20-25)36(3)29(38)24-9-7-23(8-10-24)21-37-17-15-35(2)16-18-37/h4-14,19-20H,15-18,21H2,1-3H3,(H,32,33,34). The van der Waals surface area contributed by atoms with Gasteiger partial charge in [0.25, 0.3) is 5.91 Å². The van der Waals surface area contributed by atoms with Crippen LogP contribution in [0.15, 0.2) is 79.3 Å². The molecule has 0 aliphatic carbocycles. The highest BCUT2D eigenvalue weighted by Gasteiger charge is 2.17. The van der Waals surface area contributed by atoms with Crippen molar-refractivity contribution in [1.29, 1.82) is 0 Å². The van der Waals surface area contributed by atoms with E-state index in [0.29, 0.717) is 11.5 Å². The zero-order valence-electron chi connectivity index (χ0n) is 22.1. The molecule has 2 aromatic carbocycles. The van der Waals surface area contributed by atoms with Gasteiger partial charge in [-0.2, -0.15) is 0 Å². The highest BCUT2D eigenvalue weighted by molar-refractivity contribution is 6.06. The minimum absolute atomic E-state index is 0.0548. The molecular weight excluding hydrogens is 474 g/mol. The van der Waals surface area contributed by atoms with Crippen LogP contribution in [0, 0.1) is 6.92 Å². The summed E-state index contributed by atoms with van der Waals surface area (Å²) >= 11 is 0. The molecule has 0 saturated carbocycles. The van der Waals surface area contributed by atoms with Gasteiger partial charge in [0.1, 0.15) is 0 Å². The third-order valence-electron chi connectivity index (χ3n) is 6.98. The maximum Gasteiger partial charge on any atom is 0.258 e. The second kappa shape index (κ2) is 11.5. The van der Waals surface area contributed by atoms with Gasteiger partial charge in [-0.15, -0.1) is 0 Å². The SMILES string of the molecule is Cc1ccc(N(C)C(=O)c2ccc(CN3CCN(C)CC3)cc2)cc1Nc1nccc(-c2cccnc2)n1. The van der Waals surface area contributed by atoms with E-state index < -0.39 is 0 Å². The second-order valence-corrected chi connectivity index (χ2v) is 9.77. The summed E-state index contributed by atoms with van der Waals surface area (Å²) in [6, 6.07) is 19.6. The van der Waals surface area contributed by atoms with Crippen molar-refractivity contribution in [3.05, 3.63) is 95.9 Å². The van der Waals surface area contributed by atoms with Crippen LogP contribution in [0.2, 0.25) is 0 Å². The lowest BCUT2D eigenvalue weighted by atomic mass is 10.1. The van der Waals surface area contributed by atoms with Crippen molar-refractivity contribution < 1.29 is 4.79 Å².